The van der Waals surface area contributed by atoms with Gasteiger partial charge in [-0.15, -0.1) is 0 Å². The lowest BCUT2D eigenvalue weighted by Gasteiger charge is -2.46. The molecule has 30 heavy (non-hydrogen) atoms. The topological polar surface area (TPSA) is 46.6 Å². The maximum Gasteiger partial charge on any atom is 0.337 e. The third-order valence-corrected chi connectivity index (χ3v) is 6.89. The number of ketones is 1. The van der Waals surface area contributed by atoms with Crippen molar-refractivity contribution in [2.75, 3.05) is 26.7 Å². The molecular formula is C26H33NO3. The summed E-state index contributed by atoms with van der Waals surface area (Å²) in [6.07, 6.45) is 1.79. The molecule has 3 rings (SSSR count). The molecule has 1 fully saturated rings. The Labute approximate surface area is 180 Å². The first-order valence-electron chi connectivity index (χ1n) is 10.8. The highest BCUT2D eigenvalue weighted by atomic mass is 16.5. The minimum atomic E-state index is -0.296. The third kappa shape index (κ3) is 4.99. The Hall–Kier alpha value is -2.46. The molecule has 1 heterocycles. The van der Waals surface area contributed by atoms with Crippen LogP contribution in [0.1, 0.15) is 48.7 Å². The molecule has 2 aromatic carbocycles. The SMILES string of the molecule is COC(=O)c1cccc([C@]2(C)CCN(CC(Cc3ccccc3)C(C)=O)CC2C)c1. The smallest absolute Gasteiger partial charge is 0.337 e. The maximum absolute atomic E-state index is 12.3. The van der Waals surface area contributed by atoms with Gasteiger partial charge in [0.25, 0.3) is 0 Å². The summed E-state index contributed by atoms with van der Waals surface area (Å²) in [7, 11) is 1.42. The second kappa shape index (κ2) is 9.57. The van der Waals surface area contributed by atoms with Crippen LogP contribution >= 0.6 is 0 Å². The van der Waals surface area contributed by atoms with Gasteiger partial charge in [0.1, 0.15) is 5.78 Å². The molecule has 2 aromatic rings. The number of likely N-dealkylation sites (tertiary alicyclic amines) is 1. The zero-order valence-corrected chi connectivity index (χ0v) is 18.6. The van der Waals surface area contributed by atoms with Crippen molar-refractivity contribution in [2.24, 2.45) is 11.8 Å². The molecule has 0 N–H and O–H groups in total. The van der Waals surface area contributed by atoms with Crippen molar-refractivity contribution in [3.63, 3.8) is 0 Å². The minimum absolute atomic E-state index is 0.00825. The lowest BCUT2D eigenvalue weighted by molar-refractivity contribution is -0.121. The summed E-state index contributed by atoms with van der Waals surface area (Å²) in [6.45, 7) is 8.96. The molecule has 0 radical (unpaired) electrons. The van der Waals surface area contributed by atoms with Gasteiger partial charge in [0.15, 0.2) is 0 Å². The summed E-state index contributed by atoms with van der Waals surface area (Å²) in [6, 6.07) is 18.1. The number of nitrogens with zero attached hydrogens (tertiary/aromatic N) is 1. The van der Waals surface area contributed by atoms with Crippen LogP contribution in [0.5, 0.6) is 0 Å². The first-order valence-corrected chi connectivity index (χ1v) is 10.8. The summed E-state index contributed by atoms with van der Waals surface area (Å²) in [5.41, 5.74) is 2.99. The Morgan fingerprint density at radius 1 is 1.17 bits per heavy atom. The molecule has 0 spiro atoms. The molecule has 3 atom stereocenters. The van der Waals surface area contributed by atoms with E-state index in [-0.39, 0.29) is 23.1 Å². The monoisotopic (exact) mass is 407 g/mol. The Kier molecular flexibility index (Phi) is 7.09. The van der Waals surface area contributed by atoms with Crippen molar-refractivity contribution in [2.45, 2.75) is 39.0 Å². The highest BCUT2D eigenvalue weighted by Gasteiger charge is 2.39. The van der Waals surface area contributed by atoms with Crippen LogP contribution in [0.2, 0.25) is 0 Å². The van der Waals surface area contributed by atoms with Crippen LogP contribution in [-0.4, -0.2) is 43.4 Å². The van der Waals surface area contributed by atoms with E-state index >= 15 is 0 Å². The van der Waals surface area contributed by atoms with Gasteiger partial charge in [-0.3, -0.25) is 4.79 Å². The molecule has 4 nitrogen and oxygen atoms in total. The van der Waals surface area contributed by atoms with Gasteiger partial charge in [-0.1, -0.05) is 56.3 Å². The molecule has 0 amide bonds. The van der Waals surface area contributed by atoms with E-state index in [0.717, 1.165) is 32.5 Å². The predicted octanol–water partition coefficient (Wildman–Crippen LogP) is 4.52. The second-order valence-corrected chi connectivity index (χ2v) is 8.90. The Morgan fingerprint density at radius 3 is 2.53 bits per heavy atom. The van der Waals surface area contributed by atoms with Crippen molar-refractivity contribution in [1.82, 2.24) is 4.90 Å². The fourth-order valence-electron chi connectivity index (χ4n) is 4.58. The molecule has 0 aliphatic carbocycles. The summed E-state index contributed by atoms with van der Waals surface area (Å²) in [4.78, 5) is 26.7. The van der Waals surface area contributed by atoms with Crippen LogP contribution < -0.4 is 0 Å². The lowest BCUT2D eigenvalue weighted by atomic mass is 9.67. The predicted molar refractivity (Wildman–Crippen MR) is 120 cm³/mol. The second-order valence-electron chi connectivity index (χ2n) is 8.90. The van der Waals surface area contributed by atoms with Gasteiger partial charge in [0.2, 0.25) is 0 Å². The van der Waals surface area contributed by atoms with Crippen molar-refractivity contribution < 1.29 is 14.3 Å². The first kappa shape index (κ1) is 22.2. The molecule has 1 saturated heterocycles. The Morgan fingerprint density at radius 2 is 1.90 bits per heavy atom. The molecule has 160 valence electrons. The van der Waals surface area contributed by atoms with Crippen molar-refractivity contribution in [1.29, 1.82) is 0 Å². The van der Waals surface area contributed by atoms with E-state index < -0.39 is 0 Å². The molecule has 0 saturated carbocycles. The zero-order valence-electron chi connectivity index (χ0n) is 18.6. The number of benzene rings is 2. The van der Waals surface area contributed by atoms with E-state index in [1.54, 1.807) is 13.0 Å². The van der Waals surface area contributed by atoms with Gasteiger partial charge in [-0.2, -0.15) is 0 Å². The van der Waals surface area contributed by atoms with Gasteiger partial charge in [0, 0.05) is 19.0 Å². The largest absolute Gasteiger partial charge is 0.465 e. The van der Waals surface area contributed by atoms with E-state index in [2.05, 4.69) is 36.9 Å². The zero-order chi connectivity index (χ0) is 21.7. The molecule has 4 heteroatoms. The molecule has 0 aromatic heterocycles. The number of hydrogen-bond acceptors (Lipinski definition) is 4. The van der Waals surface area contributed by atoms with E-state index in [0.29, 0.717) is 11.5 Å². The number of methoxy groups -OCH3 is 1. The average molecular weight is 408 g/mol. The third-order valence-electron chi connectivity index (χ3n) is 6.89. The van der Waals surface area contributed by atoms with Crippen molar-refractivity contribution >= 4 is 11.8 Å². The first-order chi connectivity index (χ1) is 14.3. The van der Waals surface area contributed by atoms with Crippen LogP contribution in [-0.2, 0) is 21.4 Å². The van der Waals surface area contributed by atoms with E-state index in [1.165, 1.54) is 18.2 Å². The minimum Gasteiger partial charge on any atom is -0.465 e. The number of piperidine rings is 1. The average Bonchev–Trinajstić information content (AvgIpc) is 2.76. The highest BCUT2D eigenvalue weighted by Crippen LogP contribution is 2.40. The number of rotatable bonds is 7. The number of hydrogen-bond donors (Lipinski definition) is 0. The molecular weight excluding hydrogens is 374 g/mol. The van der Waals surface area contributed by atoms with Crippen LogP contribution in [0, 0.1) is 11.8 Å². The fourth-order valence-corrected chi connectivity index (χ4v) is 4.58. The fraction of sp³-hybridized carbons (Fsp3) is 0.462. The lowest BCUT2D eigenvalue weighted by Crippen LogP contribution is -2.49. The normalized spacial score (nSPS) is 23.0. The number of carbonyl (C=O) groups excluding carboxylic acids is 2. The van der Waals surface area contributed by atoms with Gasteiger partial charge in [-0.05, 0) is 60.9 Å². The van der Waals surface area contributed by atoms with E-state index in [4.69, 9.17) is 4.74 Å². The number of esters is 1. The number of carbonyl (C=O) groups is 2. The van der Waals surface area contributed by atoms with Gasteiger partial charge in [-0.25, -0.2) is 4.79 Å². The number of ether oxygens (including phenoxy) is 1. The van der Waals surface area contributed by atoms with Crippen molar-refractivity contribution in [3.05, 3.63) is 71.3 Å². The van der Waals surface area contributed by atoms with Crippen LogP contribution in [0.3, 0.4) is 0 Å². The van der Waals surface area contributed by atoms with Gasteiger partial charge < -0.3 is 9.64 Å². The summed E-state index contributed by atoms with van der Waals surface area (Å²) < 4.78 is 4.89. The molecule has 1 aliphatic rings. The quantitative estimate of drug-likeness (QED) is 0.633. The van der Waals surface area contributed by atoms with Crippen LogP contribution in [0.25, 0.3) is 0 Å². The molecule has 1 aliphatic heterocycles. The molecule has 0 bridgehead atoms. The molecule has 2 unspecified atom stereocenters. The van der Waals surface area contributed by atoms with Gasteiger partial charge >= 0.3 is 5.97 Å². The summed E-state index contributed by atoms with van der Waals surface area (Å²) in [5.74, 6) is 0.386. The van der Waals surface area contributed by atoms with Crippen LogP contribution in [0.4, 0.5) is 0 Å². The van der Waals surface area contributed by atoms with Crippen molar-refractivity contribution in [3.8, 4) is 0 Å². The highest BCUT2D eigenvalue weighted by molar-refractivity contribution is 5.89. The maximum atomic E-state index is 12.3. The van der Waals surface area contributed by atoms with E-state index in [1.807, 2.05) is 30.3 Å². The standard InChI is InChI=1S/C26H33NO3/c1-19-17-27(18-23(20(2)28)15-21-9-6-5-7-10-21)14-13-26(19,3)24-12-8-11-22(16-24)25(29)30-4/h5-12,16,19,23H,13-15,17-18H2,1-4H3/t19?,23?,26-/m1/s1. The summed E-state index contributed by atoms with van der Waals surface area (Å²) >= 11 is 0. The van der Waals surface area contributed by atoms with E-state index in [9.17, 15) is 9.59 Å². The van der Waals surface area contributed by atoms with Crippen LogP contribution in [0.15, 0.2) is 54.6 Å². The summed E-state index contributed by atoms with van der Waals surface area (Å²) in [5, 5.41) is 0. The Bertz CT molecular complexity index is 879. The van der Waals surface area contributed by atoms with Gasteiger partial charge in [0.05, 0.1) is 12.7 Å². The Balaban J connectivity index is 1.69. The number of Topliss-reactive ketones (excluding diaryl/α,β-unsaturated/α-hetero) is 1.